The Morgan fingerprint density at radius 3 is 2.32 bits per heavy atom. The highest BCUT2D eigenvalue weighted by molar-refractivity contribution is 7.90. The molecule has 0 heterocycles. The first kappa shape index (κ1) is 21.3. The molecular weight excluding hydrogens is 386 g/mol. The highest BCUT2D eigenvalue weighted by atomic mass is 32.2. The molecule has 0 saturated carbocycles. The first-order valence-electron chi connectivity index (χ1n) is 8.48. The first-order chi connectivity index (χ1) is 13.2. The Kier molecular flexibility index (Phi) is 7.07. The van der Waals surface area contributed by atoms with Gasteiger partial charge in [-0.1, -0.05) is 30.3 Å². The van der Waals surface area contributed by atoms with E-state index in [0.717, 1.165) is 10.8 Å². The van der Waals surface area contributed by atoms with Crippen LogP contribution in [0.3, 0.4) is 0 Å². The van der Waals surface area contributed by atoms with Gasteiger partial charge < -0.3 is 16.2 Å². The van der Waals surface area contributed by atoms with E-state index >= 15 is 0 Å². The molecule has 0 bridgehead atoms. The van der Waals surface area contributed by atoms with Gasteiger partial charge in [0, 0.05) is 19.4 Å². The summed E-state index contributed by atoms with van der Waals surface area (Å²) in [6.45, 7) is 0.0449. The van der Waals surface area contributed by atoms with E-state index in [2.05, 4.69) is 5.32 Å². The van der Waals surface area contributed by atoms with E-state index < -0.39 is 33.8 Å². The SMILES string of the molecule is NC(CCNC(=O)CCC(=O)NS(=O)(=O)c1ccc2ccccc2c1)C(=O)O. The number of hydrogen-bond donors (Lipinski definition) is 4. The fraction of sp³-hybridized carbons (Fsp3) is 0.278. The van der Waals surface area contributed by atoms with Gasteiger partial charge in [-0.3, -0.25) is 14.4 Å². The molecule has 9 nitrogen and oxygen atoms in total. The Labute approximate surface area is 162 Å². The van der Waals surface area contributed by atoms with Crippen LogP contribution in [0.15, 0.2) is 47.4 Å². The van der Waals surface area contributed by atoms with E-state index in [4.69, 9.17) is 10.8 Å². The van der Waals surface area contributed by atoms with Gasteiger partial charge in [-0.05, 0) is 29.3 Å². The van der Waals surface area contributed by atoms with Crippen LogP contribution in [0.5, 0.6) is 0 Å². The Bertz CT molecular complexity index is 990. The molecule has 0 aromatic heterocycles. The molecule has 28 heavy (non-hydrogen) atoms. The lowest BCUT2D eigenvalue weighted by Crippen LogP contribution is -2.36. The lowest BCUT2D eigenvalue weighted by molar-refractivity contribution is -0.138. The van der Waals surface area contributed by atoms with Gasteiger partial charge in [-0.2, -0.15) is 0 Å². The van der Waals surface area contributed by atoms with Gasteiger partial charge >= 0.3 is 5.97 Å². The molecule has 0 aliphatic carbocycles. The van der Waals surface area contributed by atoms with Gasteiger partial charge in [-0.25, -0.2) is 13.1 Å². The van der Waals surface area contributed by atoms with Crippen molar-refractivity contribution in [3.05, 3.63) is 42.5 Å². The van der Waals surface area contributed by atoms with E-state index in [1.807, 2.05) is 16.9 Å². The van der Waals surface area contributed by atoms with Crippen molar-refractivity contribution < 1.29 is 27.9 Å². The monoisotopic (exact) mass is 407 g/mol. The summed E-state index contributed by atoms with van der Waals surface area (Å²) in [7, 11) is -4.05. The summed E-state index contributed by atoms with van der Waals surface area (Å²) in [5, 5.41) is 12.7. The average molecular weight is 407 g/mol. The van der Waals surface area contributed by atoms with Gasteiger partial charge in [0.1, 0.15) is 6.04 Å². The minimum absolute atomic E-state index is 0.0449. The standard InChI is InChI=1S/C18H21N3O6S/c19-15(18(24)25)9-10-20-16(22)7-8-17(23)21-28(26,27)14-6-5-12-3-1-2-4-13(12)11-14/h1-6,11,15H,7-10,19H2,(H,20,22)(H,21,23)(H,24,25). The van der Waals surface area contributed by atoms with Crippen LogP contribution in [0.4, 0.5) is 0 Å². The van der Waals surface area contributed by atoms with E-state index in [9.17, 15) is 22.8 Å². The molecule has 10 heteroatoms. The Morgan fingerprint density at radius 1 is 1.00 bits per heavy atom. The van der Waals surface area contributed by atoms with Crippen molar-refractivity contribution in [2.24, 2.45) is 5.73 Å². The zero-order chi connectivity index (χ0) is 20.7. The number of carboxylic acid groups (broad SMARTS) is 1. The molecule has 2 aromatic rings. The highest BCUT2D eigenvalue weighted by Crippen LogP contribution is 2.18. The van der Waals surface area contributed by atoms with E-state index in [0.29, 0.717) is 0 Å². The molecule has 2 aromatic carbocycles. The molecular formula is C18H21N3O6S. The Balaban J connectivity index is 1.85. The predicted molar refractivity (Wildman–Crippen MR) is 102 cm³/mol. The van der Waals surface area contributed by atoms with Gasteiger partial charge in [0.05, 0.1) is 4.90 Å². The minimum atomic E-state index is -4.05. The van der Waals surface area contributed by atoms with Crippen molar-refractivity contribution in [3.8, 4) is 0 Å². The maximum absolute atomic E-state index is 12.3. The van der Waals surface area contributed by atoms with E-state index in [1.54, 1.807) is 18.2 Å². The number of fused-ring (bicyclic) bond motifs is 1. The van der Waals surface area contributed by atoms with Gasteiger partial charge in [0.15, 0.2) is 0 Å². The number of sulfonamides is 1. The zero-order valence-electron chi connectivity index (χ0n) is 14.9. The second-order valence-electron chi connectivity index (χ2n) is 6.12. The van der Waals surface area contributed by atoms with Crippen molar-refractivity contribution in [1.29, 1.82) is 0 Å². The van der Waals surface area contributed by atoms with Crippen LogP contribution in [0.1, 0.15) is 19.3 Å². The Hall–Kier alpha value is -2.98. The molecule has 0 radical (unpaired) electrons. The molecule has 0 saturated heterocycles. The summed E-state index contributed by atoms with van der Waals surface area (Å²) in [5.74, 6) is -2.49. The third kappa shape index (κ3) is 6.03. The van der Waals surface area contributed by atoms with Crippen LogP contribution < -0.4 is 15.8 Å². The van der Waals surface area contributed by atoms with Crippen LogP contribution in [-0.2, 0) is 24.4 Å². The third-order valence-corrected chi connectivity index (χ3v) is 5.32. The highest BCUT2D eigenvalue weighted by Gasteiger charge is 2.19. The van der Waals surface area contributed by atoms with Crippen molar-refractivity contribution in [3.63, 3.8) is 0 Å². The number of rotatable bonds is 9. The summed E-state index contributed by atoms with van der Waals surface area (Å²) in [6.07, 6.45) is -0.519. The molecule has 5 N–H and O–H groups in total. The normalized spacial score (nSPS) is 12.3. The quantitative estimate of drug-likeness (QED) is 0.467. The number of carbonyl (C=O) groups is 3. The molecule has 1 unspecified atom stereocenters. The van der Waals surface area contributed by atoms with Crippen LogP contribution in [0.2, 0.25) is 0 Å². The summed E-state index contributed by atoms with van der Waals surface area (Å²) >= 11 is 0. The van der Waals surface area contributed by atoms with Gasteiger partial charge in [0.2, 0.25) is 11.8 Å². The maximum atomic E-state index is 12.3. The average Bonchev–Trinajstić information content (AvgIpc) is 2.65. The number of amides is 2. The fourth-order valence-electron chi connectivity index (χ4n) is 2.40. The van der Waals surface area contributed by atoms with E-state index in [1.165, 1.54) is 12.1 Å². The lowest BCUT2D eigenvalue weighted by Gasteiger charge is -2.09. The Morgan fingerprint density at radius 2 is 1.64 bits per heavy atom. The second-order valence-corrected chi connectivity index (χ2v) is 7.80. The van der Waals surface area contributed by atoms with Crippen LogP contribution in [-0.4, -0.2) is 43.9 Å². The molecule has 2 amide bonds. The third-order valence-electron chi connectivity index (χ3n) is 3.95. The molecule has 0 aliphatic rings. The summed E-state index contributed by atoms with van der Waals surface area (Å²) in [6, 6.07) is 10.6. The van der Waals surface area contributed by atoms with Gasteiger partial charge in [0.25, 0.3) is 10.0 Å². The number of carbonyl (C=O) groups excluding carboxylic acids is 2. The van der Waals surface area contributed by atoms with Crippen molar-refractivity contribution in [1.82, 2.24) is 10.0 Å². The smallest absolute Gasteiger partial charge is 0.320 e. The zero-order valence-corrected chi connectivity index (χ0v) is 15.7. The van der Waals surface area contributed by atoms with Crippen LogP contribution >= 0.6 is 0 Å². The van der Waals surface area contributed by atoms with E-state index in [-0.39, 0.29) is 30.7 Å². The summed E-state index contributed by atoms with van der Waals surface area (Å²) < 4.78 is 26.6. The van der Waals surface area contributed by atoms with Gasteiger partial charge in [-0.15, -0.1) is 0 Å². The molecule has 0 spiro atoms. The van der Waals surface area contributed by atoms with Crippen molar-refractivity contribution >= 4 is 38.6 Å². The minimum Gasteiger partial charge on any atom is -0.480 e. The number of benzene rings is 2. The largest absolute Gasteiger partial charge is 0.480 e. The second kappa shape index (κ2) is 9.29. The number of aliphatic carboxylic acids is 1. The molecule has 2 rings (SSSR count). The molecule has 150 valence electrons. The number of carboxylic acids is 1. The number of nitrogens with two attached hydrogens (primary N) is 1. The van der Waals surface area contributed by atoms with Crippen molar-refractivity contribution in [2.75, 3.05) is 6.54 Å². The lowest BCUT2D eigenvalue weighted by atomic mass is 10.1. The number of hydrogen-bond acceptors (Lipinski definition) is 6. The topological polar surface area (TPSA) is 156 Å². The molecule has 0 fully saturated rings. The summed E-state index contributed by atoms with van der Waals surface area (Å²) in [5.41, 5.74) is 5.30. The first-order valence-corrected chi connectivity index (χ1v) is 9.97. The number of nitrogens with one attached hydrogen (secondary N) is 2. The van der Waals surface area contributed by atoms with Crippen LogP contribution in [0.25, 0.3) is 10.8 Å². The summed E-state index contributed by atoms with van der Waals surface area (Å²) in [4.78, 5) is 34.1. The maximum Gasteiger partial charge on any atom is 0.320 e. The fourth-order valence-corrected chi connectivity index (χ4v) is 3.45. The predicted octanol–water partition coefficient (Wildman–Crippen LogP) is 0.343. The van der Waals surface area contributed by atoms with Crippen molar-refractivity contribution in [2.45, 2.75) is 30.2 Å². The van der Waals surface area contributed by atoms with Crippen LogP contribution in [0, 0.1) is 0 Å². The molecule has 0 aliphatic heterocycles. The molecule has 1 atom stereocenters.